The molecule has 6 heteroatoms. The van der Waals surface area contributed by atoms with E-state index in [2.05, 4.69) is 10.3 Å². The SMILES string of the molecule is CC(C)c1cc(C(=O)OCC(=O)NCCOc2ccccc2)c2ccccc2n1. The molecule has 3 aromatic rings. The van der Waals surface area contributed by atoms with Crippen molar-refractivity contribution < 1.29 is 19.1 Å². The van der Waals surface area contributed by atoms with Gasteiger partial charge in [0.05, 0.1) is 17.6 Å². The molecule has 0 unspecified atom stereocenters. The van der Waals surface area contributed by atoms with Crippen molar-refractivity contribution in [3.8, 4) is 5.75 Å². The lowest BCUT2D eigenvalue weighted by Crippen LogP contribution is -2.32. The van der Waals surface area contributed by atoms with Crippen LogP contribution in [0, 0.1) is 0 Å². The number of amides is 1. The molecule has 0 saturated carbocycles. The molecule has 29 heavy (non-hydrogen) atoms. The number of hydrogen-bond acceptors (Lipinski definition) is 5. The van der Waals surface area contributed by atoms with Crippen LogP contribution in [0.2, 0.25) is 0 Å². The molecule has 0 atom stereocenters. The summed E-state index contributed by atoms with van der Waals surface area (Å²) in [6.07, 6.45) is 0. The van der Waals surface area contributed by atoms with Gasteiger partial charge in [0.15, 0.2) is 6.61 Å². The summed E-state index contributed by atoms with van der Waals surface area (Å²) in [5.74, 6) is -0.0172. The topological polar surface area (TPSA) is 77.5 Å². The number of aromatic nitrogens is 1. The first kappa shape index (κ1) is 20.3. The van der Waals surface area contributed by atoms with Crippen LogP contribution < -0.4 is 10.1 Å². The molecule has 1 heterocycles. The van der Waals surface area contributed by atoms with Gasteiger partial charge in [-0.05, 0) is 30.2 Å². The quantitative estimate of drug-likeness (QED) is 0.467. The molecule has 1 N–H and O–H groups in total. The van der Waals surface area contributed by atoms with Gasteiger partial charge in [-0.15, -0.1) is 0 Å². The number of benzene rings is 2. The fraction of sp³-hybridized carbons (Fsp3) is 0.261. The number of nitrogens with zero attached hydrogens (tertiary/aromatic N) is 1. The Labute approximate surface area is 169 Å². The Morgan fingerprint density at radius 1 is 1.03 bits per heavy atom. The highest BCUT2D eigenvalue weighted by Gasteiger charge is 2.16. The fourth-order valence-electron chi connectivity index (χ4n) is 2.80. The predicted molar refractivity (Wildman–Crippen MR) is 111 cm³/mol. The van der Waals surface area contributed by atoms with Crippen LogP contribution in [0.4, 0.5) is 0 Å². The van der Waals surface area contributed by atoms with E-state index >= 15 is 0 Å². The van der Waals surface area contributed by atoms with Crippen molar-refractivity contribution in [3.63, 3.8) is 0 Å². The maximum atomic E-state index is 12.6. The first-order chi connectivity index (χ1) is 14.0. The van der Waals surface area contributed by atoms with Gasteiger partial charge in [-0.2, -0.15) is 0 Å². The van der Waals surface area contributed by atoms with Crippen molar-refractivity contribution in [2.75, 3.05) is 19.8 Å². The van der Waals surface area contributed by atoms with Crippen molar-refractivity contribution in [3.05, 3.63) is 71.9 Å². The van der Waals surface area contributed by atoms with Gasteiger partial charge in [-0.25, -0.2) is 4.79 Å². The molecule has 0 aliphatic rings. The van der Waals surface area contributed by atoms with Crippen molar-refractivity contribution >= 4 is 22.8 Å². The van der Waals surface area contributed by atoms with Crippen LogP contribution in [0.25, 0.3) is 10.9 Å². The van der Waals surface area contributed by atoms with Crippen molar-refractivity contribution in [2.24, 2.45) is 0 Å². The van der Waals surface area contributed by atoms with Gasteiger partial charge in [0, 0.05) is 11.1 Å². The van der Waals surface area contributed by atoms with Gasteiger partial charge < -0.3 is 14.8 Å². The number of ether oxygens (including phenoxy) is 2. The van der Waals surface area contributed by atoms with Gasteiger partial charge in [-0.1, -0.05) is 50.2 Å². The molecule has 1 amide bonds. The summed E-state index contributed by atoms with van der Waals surface area (Å²) in [6.45, 7) is 4.32. The second kappa shape index (κ2) is 9.68. The minimum Gasteiger partial charge on any atom is -0.492 e. The number of rotatable bonds is 8. The first-order valence-electron chi connectivity index (χ1n) is 9.56. The molecule has 0 radical (unpaired) electrons. The van der Waals surface area contributed by atoms with Crippen LogP contribution in [0.1, 0.15) is 35.8 Å². The summed E-state index contributed by atoms with van der Waals surface area (Å²) in [7, 11) is 0. The summed E-state index contributed by atoms with van der Waals surface area (Å²) >= 11 is 0. The molecule has 0 fully saturated rings. The molecule has 1 aromatic heterocycles. The van der Waals surface area contributed by atoms with Crippen molar-refractivity contribution in [1.82, 2.24) is 10.3 Å². The minimum atomic E-state index is -0.541. The molecule has 0 aliphatic carbocycles. The number of hydrogen-bond donors (Lipinski definition) is 1. The lowest BCUT2D eigenvalue weighted by atomic mass is 10.0. The van der Waals surface area contributed by atoms with Crippen LogP contribution in [-0.2, 0) is 9.53 Å². The number of nitrogens with one attached hydrogen (secondary N) is 1. The Morgan fingerprint density at radius 2 is 1.76 bits per heavy atom. The smallest absolute Gasteiger partial charge is 0.339 e. The highest BCUT2D eigenvalue weighted by atomic mass is 16.5. The Balaban J connectivity index is 1.54. The molecule has 0 aliphatic heterocycles. The Morgan fingerprint density at radius 3 is 2.52 bits per heavy atom. The highest BCUT2D eigenvalue weighted by Crippen LogP contribution is 2.23. The average molecular weight is 392 g/mol. The third-order valence-corrected chi connectivity index (χ3v) is 4.32. The third-order valence-electron chi connectivity index (χ3n) is 4.32. The maximum Gasteiger partial charge on any atom is 0.339 e. The molecule has 6 nitrogen and oxygen atoms in total. The second-order valence-electron chi connectivity index (χ2n) is 6.85. The summed E-state index contributed by atoms with van der Waals surface area (Å²) in [5, 5.41) is 3.38. The van der Waals surface area contributed by atoms with Crippen molar-refractivity contribution in [2.45, 2.75) is 19.8 Å². The number of pyridine rings is 1. The lowest BCUT2D eigenvalue weighted by molar-refractivity contribution is -0.124. The van der Waals surface area contributed by atoms with Crippen LogP contribution in [0.15, 0.2) is 60.7 Å². The zero-order valence-electron chi connectivity index (χ0n) is 16.6. The van der Waals surface area contributed by atoms with E-state index in [0.29, 0.717) is 24.1 Å². The molecule has 0 spiro atoms. The van der Waals surface area contributed by atoms with Gasteiger partial charge in [0.2, 0.25) is 0 Å². The molecule has 3 rings (SSSR count). The lowest BCUT2D eigenvalue weighted by Gasteiger charge is -2.12. The number of para-hydroxylation sites is 2. The average Bonchev–Trinajstić information content (AvgIpc) is 2.75. The number of fused-ring (bicyclic) bond motifs is 1. The largest absolute Gasteiger partial charge is 0.492 e. The third kappa shape index (κ3) is 5.54. The molecule has 150 valence electrons. The van der Waals surface area contributed by atoms with Crippen molar-refractivity contribution in [1.29, 1.82) is 0 Å². The Kier molecular flexibility index (Phi) is 6.79. The monoisotopic (exact) mass is 392 g/mol. The zero-order valence-corrected chi connectivity index (χ0v) is 16.6. The van der Waals surface area contributed by atoms with E-state index in [0.717, 1.165) is 17.0 Å². The van der Waals surface area contributed by atoms with Crippen LogP contribution in [0.5, 0.6) is 5.75 Å². The molecular weight excluding hydrogens is 368 g/mol. The molecule has 0 saturated heterocycles. The predicted octanol–water partition coefficient (Wildman–Crippen LogP) is 3.71. The Bertz CT molecular complexity index is 987. The number of carbonyl (C=O) groups excluding carboxylic acids is 2. The fourth-order valence-corrected chi connectivity index (χ4v) is 2.80. The Hall–Kier alpha value is -3.41. The summed E-state index contributed by atoms with van der Waals surface area (Å²) in [6, 6.07) is 18.5. The van der Waals surface area contributed by atoms with E-state index in [9.17, 15) is 9.59 Å². The van der Waals surface area contributed by atoms with E-state index in [1.54, 1.807) is 6.07 Å². The van der Waals surface area contributed by atoms with Crippen LogP contribution in [-0.4, -0.2) is 36.6 Å². The summed E-state index contributed by atoms with van der Waals surface area (Å²) < 4.78 is 10.7. The van der Waals surface area contributed by atoms with Gasteiger partial charge in [0.1, 0.15) is 12.4 Å². The second-order valence-corrected chi connectivity index (χ2v) is 6.85. The molecule has 2 aromatic carbocycles. The minimum absolute atomic E-state index is 0.166. The summed E-state index contributed by atoms with van der Waals surface area (Å²) in [4.78, 5) is 29.2. The zero-order chi connectivity index (χ0) is 20.6. The van der Waals surface area contributed by atoms with Gasteiger partial charge >= 0.3 is 5.97 Å². The van der Waals surface area contributed by atoms with Crippen LogP contribution >= 0.6 is 0 Å². The first-order valence-corrected chi connectivity index (χ1v) is 9.56. The number of esters is 1. The standard InChI is InChI=1S/C23H24N2O4/c1-16(2)21-14-19(18-10-6-7-11-20(18)25-21)23(27)29-15-22(26)24-12-13-28-17-8-4-3-5-9-17/h3-11,14,16H,12-13,15H2,1-2H3,(H,24,26). The van der Waals surface area contributed by atoms with Gasteiger partial charge in [-0.3, -0.25) is 9.78 Å². The van der Waals surface area contributed by atoms with E-state index in [1.165, 1.54) is 0 Å². The molecular formula is C23H24N2O4. The van der Waals surface area contributed by atoms with E-state index in [-0.39, 0.29) is 18.4 Å². The number of carbonyl (C=O) groups is 2. The summed E-state index contributed by atoms with van der Waals surface area (Å²) in [5.41, 5.74) is 1.95. The van der Waals surface area contributed by atoms with E-state index < -0.39 is 5.97 Å². The van der Waals surface area contributed by atoms with E-state index in [1.807, 2.05) is 68.4 Å². The highest BCUT2D eigenvalue weighted by molar-refractivity contribution is 6.04. The normalized spacial score (nSPS) is 10.7. The van der Waals surface area contributed by atoms with E-state index in [4.69, 9.17) is 9.47 Å². The van der Waals surface area contributed by atoms with Crippen LogP contribution in [0.3, 0.4) is 0 Å². The molecule has 0 bridgehead atoms. The van der Waals surface area contributed by atoms with Gasteiger partial charge in [0.25, 0.3) is 5.91 Å². The maximum absolute atomic E-state index is 12.6.